The second-order valence-electron chi connectivity index (χ2n) is 7.09. The summed E-state index contributed by atoms with van der Waals surface area (Å²) < 4.78 is 47.2. The average molecular weight is 458 g/mol. The van der Waals surface area contributed by atoms with Crippen LogP contribution in [0.5, 0.6) is 5.75 Å². The molecule has 1 fully saturated rings. The van der Waals surface area contributed by atoms with E-state index in [1.807, 2.05) is 34.6 Å². The van der Waals surface area contributed by atoms with Crippen molar-refractivity contribution in [1.29, 1.82) is 0 Å². The van der Waals surface area contributed by atoms with E-state index in [1.54, 1.807) is 6.07 Å². The Morgan fingerprint density at radius 2 is 1.68 bits per heavy atom. The topological polar surface area (TPSA) is 27.7 Å². The minimum absolute atomic E-state index is 0.109. The number of fused-ring (bicyclic) bond motifs is 1. The van der Waals surface area contributed by atoms with Crippen molar-refractivity contribution in [2.75, 3.05) is 37.6 Å². The van der Waals surface area contributed by atoms with Gasteiger partial charge in [0.25, 0.3) is 0 Å². The second-order valence-corrected chi connectivity index (χ2v) is 7.84. The van der Waals surface area contributed by atoms with Gasteiger partial charge in [-0.3, -0.25) is 0 Å². The van der Waals surface area contributed by atoms with Gasteiger partial charge in [0.1, 0.15) is 5.75 Å². The van der Waals surface area contributed by atoms with Crippen molar-refractivity contribution in [1.82, 2.24) is 10.2 Å². The normalized spacial score (nSPS) is 24.3. The van der Waals surface area contributed by atoms with Crippen LogP contribution in [0.2, 0.25) is 0 Å². The van der Waals surface area contributed by atoms with Crippen LogP contribution in [0.25, 0.3) is 0 Å². The number of hydrogen-bond acceptors (Lipinski definition) is 4. The van der Waals surface area contributed by atoms with Gasteiger partial charge in [0.05, 0.1) is 5.56 Å². The quantitative estimate of drug-likeness (QED) is 0.583. The summed E-state index contributed by atoms with van der Waals surface area (Å²) in [5.74, 6) is -3.80. The molecule has 31 heavy (non-hydrogen) atoms. The van der Waals surface area contributed by atoms with Gasteiger partial charge in [0.2, 0.25) is 0 Å². The standard InChI is InChI=1S/C19H23F3N3OP.2C2H6/c1-13-11-14(24-9-6-23-7-10-24)3-2-8-25(13)15-4-5-16-17(12-15)26-19(22,27)18(16,20)21;2*1-2/h3-5,11-12,23H,2,6-10,27H2,1H3;2*1-2H3. The monoisotopic (exact) mass is 457 g/mol. The summed E-state index contributed by atoms with van der Waals surface area (Å²) in [7, 11) is 1.48. The highest BCUT2D eigenvalue weighted by Crippen LogP contribution is 2.56. The number of alkyl halides is 3. The van der Waals surface area contributed by atoms with E-state index in [1.165, 1.54) is 27.1 Å². The zero-order valence-electron chi connectivity index (χ0n) is 19.1. The highest BCUT2D eigenvalue weighted by Gasteiger charge is 2.61. The molecule has 1 N–H and O–H groups in total. The predicted octanol–water partition coefficient (Wildman–Crippen LogP) is 5.62. The minimum Gasteiger partial charge on any atom is -0.449 e. The lowest BCUT2D eigenvalue weighted by Crippen LogP contribution is -2.42. The molecule has 0 spiro atoms. The highest BCUT2D eigenvalue weighted by atomic mass is 31.0. The first-order valence-electron chi connectivity index (χ1n) is 11.1. The molecular formula is C23H35F3N3OP. The number of anilines is 1. The maximum atomic E-state index is 14.1. The van der Waals surface area contributed by atoms with Gasteiger partial charge in [0, 0.05) is 55.9 Å². The molecule has 174 valence electrons. The minimum atomic E-state index is -3.69. The first-order chi connectivity index (χ1) is 14.8. The summed E-state index contributed by atoms with van der Waals surface area (Å²) in [6.07, 6.45) is 5.16. The van der Waals surface area contributed by atoms with Crippen molar-refractivity contribution in [2.24, 2.45) is 0 Å². The molecule has 0 aliphatic carbocycles. The summed E-state index contributed by atoms with van der Waals surface area (Å²) in [6.45, 7) is 14.6. The van der Waals surface area contributed by atoms with E-state index in [0.29, 0.717) is 0 Å². The largest absolute Gasteiger partial charge is 0.449 e. The fraction of sp³-hybridized carbons (Fsp3) is 0.565. The number of piperazine rings is 1. The molecule has 8 heteroatoms. The van der Waals surface area contributed by atoms with Crippen molar-refractivity contribution in [3.8, 4) is 5.75 Å². The van der Waals surface area contributed by atoms with Gasteiger partial charge in [-0.05, 0) is 40.8 Å². The number of allylic oxidation sites excluding steroid dienone is 2. The van der Waals surface area contributed by atoms with Crippen LogP contribution in [-0.2, 0) is 5.92 Å². The van der Waals surface area contributed by atoms with Crippen LogP contribution >= 0.6 is 9.24 Å². The summed E-state index contributed by atoms with van der Waals surface area (Å²) in [5, 5.41) is 3.34. The Kier molecular flexibility index (Phi) is 8.84. The van der Waals surface area contributed by atoms with E-state index >= 15 is 0 Å². The lowest BCUT2D eigenvalue weighted by Gasteiger charge is -2.30. The van der Waals surface area contributed by atoms with E-state index in [2.05, 4.69) is 27.3 Å². The van der Waals surface area contributed by atoms with Crippen LogP contribution < -0.4 is 15.0 Å². The van der Waals surface area contributed by atoms with Crippen LogP contribution in [0.1, 0.15) is 46.6 Å². The first-order valence-corrected chi connectivity index (χ1v) is 11.7. The predicted molar refractivity (Wildman–Crippen MR) is 125 cm³/mol. The summed E-state index contributed by atoms with van der Waals surface area (Å²) >= 11 is 0. The Hall–Kier alpha value is -1.72. The third-order valence-electron chi connectivity index (χ3n) is 5.27. The molecule has 3 aliphatic heterocycles. The SMILES string of the molecule is CC.CC.CC1=CC(N2CCNCC2)=CCCN1c1ccc2c(c1)OC(F)(P)C2(F)F. The molecule has 0 saturated carbocycles. The number of nitrogens with zero attached hydrogens (tertiary/aromatic N) is 2. The van der Waals surface area contributed by atoms with Crippen LogP contribution in [-0.4, -0.2) is 43.2 Å². The van der Waals surface area contributed by atoms with Crippen LogP contribution in [0.15, 0.2) is 41.7 Å². The summed E-state index contributed by atoms with van der Waals surface area (Å²) in [4.78, 5) is 4.40. The molecule has 0 bridgehead atoms. The second kappa shape index (κ2) is 10.7. The molecule has 1 saturated heterocycles. The molecule has 2 unspecified atom stereocenters. The van der Waals surface area contributed by atoms with Gasteiger partial charge in [-0.1, -0.05) is 33.8 Å². The maximum Gasteiger partial charge on any atom is 0.348 e. The molecule has 0 amide bonds. The molecule has 4 nitrogen and oxygen atoms in total. The molecule has 1 aromatic rings. The van der Waals surface area contributed by atoms with E-state index < -0.39 is 17.1 Å². The van der Waals surface area contributed by atoms with Gasteiger partial charge >= 0.3 is 11.5 Å². The lowest BCUT2D eigenvalue weighted by molar-refractivity contribution is -0.161. The molecule has 4 rings (SSSR count). The Bertz CT molecular complexity index is 805. The average Bonchev–Trinajstić information content (AvgIpc) is 2.90. The number of benzene rings is 1. The van der Waals surface area contributed by atoms with E-state index in [9.17, 15) is 13.2 Å². The van der Waals surface area contributed by atoms with Crippen molar-refractivity contribution < 1.29 is 17.9 Å². The number of nitrogens with one attached hydrogen (secondary N) is 1. The molecule has 3 aliphatic rings. The van der Waals surface area contributed by atoms with Gasteiger partial charge in [0.15, 0.2) is 0 Å². The van der Waals surface area contributed by atoms with Crippen molar-refractivity contribution in [3.05, 3.63) is 47.3 Å². The van der Waals surface area contributed by atoms with Gasteiger partial charge in [-0.2, -0.15) is 13.2 Å². The zero-order valence-corrected chi connectivity index (χ0v) is 20.3. The number of halogens is 3. The van der Waals surface area contributed by atoms with E-state index in [-0.39, 0.29) is 5.75 Å². The third-order valence-corrected chi connectivity index (χ3v) is 5.75. The first kappa shape index (κ1) is 25.5. The smallest absolute Gasteiger partial charge is 0.348 e. The van der Waals surface area contributed by atoms with E-state index in [4.69, 9.17) is 4.74 Å². The molecule has 0 radical (unpaired) electrons. The fourth-order valence-electron chi connectivity index (χ4n) is 3.78. The number of ether oxygens (including phenoxy) is 1. The summed E-state index contributed by atoms with van der Waals surface area (Å²) in [5.41, 5.74) is -0.599. The van der Waals surface area contributed by atoms with Crippen molar-refractivity contribution in [2.45, 2.75) is 52.6 Å². The molecular weight excluding hydrogens is 422 g/mol. The Morgan fingerprint density at radius 3 is 2.32 bits per heavy atom. The van der Waals surface area contributed by atoms with Gasteiger partial charge in [-0.15, -0.1) is 0 Å². The van der Waals surface area contributed by atoms with Crippen LogP contribution in [0.3, 0.4) is 0 Å². The molecule has 0 aromatic heterocycles. The van der Waals surface area contributed by atoms with E-state index in [0.717, 1.165) is 50.5 Å². The van der Waals surface area contributed by atoms with Gasteiger partial charge in [-0.25, -0.2) is 0 Å². The summed E-state index contributed by atoms with van der Waals surface area (Å²) in [6, 6.07) is 4.37. The number of rotatable bonds is 2. The Labute approximate surface area is 186 Å². The Balaban J connectivity index is 0.000000807. The lowest BCUT2D eigenvalue weighted by atomic mass is 10.1. The molecule has 3 heterocycles. The third kappa shape index (κ3) is 5.20. The van der Waals surface area contributed by atoms with Crippen LogP contribution in [0.4, 0.5) is 18.9 Å². The van der Waals surface area contributed by atoms with Crippen molar-refractivity contribution in [3.63, 3.8) is 0 Å². The fourth-order valence-corrected chi connectivity index (χ4v) is 4.06. The van der Waals surface area contributed by atoms with Crippen LogP contribution in [0, 0.1) is 0 Å². The zero-order chi connectivity index (χ0) is 23.2. The Morgan fingerprint density at radius 1 is 1.03 bits per heavy atom. The van der Waals surface area contributed by atoms with Gasteiger partial charge < -0.3 is 19.9 Å². The maximum absolute atomic E-state index is 14.1. The highest BCUT2D eigenvalue weighted by molar-refractivity contribution is 7.18. The van der Waals surface area contributed by atoms with Crippen molar-refractivity contribution >= 4 is 14.9 Å². The molecule has 2 atom stereocenters. The molecule has 1 aromatic carbocycles. The number of hydrogen-bond donors (Lipinski definition) is 1.